The number of hydrogen-bond acceptors (Lipinski definition) is 4. The lowest BCUT2D eigenvalue weighted by molar-refractivity contribution is -0.148. The number of aliphatic carboxylic acids is 1. The molecule has 128 valence electrons. The van der Waals surface area contributed by atoms with Gasteiger partial charge in [-0.05, 0) is 42.5 Å². The Morgan fingerprint density at radius 3 is 2.36 bits per heavy atom. The molecule has 0 aliphatic heterocycles. The van der Waals surface area contributed by atoms with Crippen LogP contribution in [0.5, 0.6) is 5.75 Å². The fourth-order valence-electron chi connectivity index (χ4n) is 2.52. The van der Waals surface area contributed by atoms with Crippen LogP contribution in [0.15, 0.2) is 48.5 Å². The van der Waals surface area contributed by atoms with Gasteiger partial charge in [-0.2, -0.15) is 0 Å². The molecule has 0 spiro atoms. The average molecular weight is 338 g/mol. The van der Waals surface area contributed by atoms with Crippen LogP contribution in [-0.4, -0.2) is 28.7 Å². The first-order valence-corrected chi connectivity index (χ1v) is 8.16. The minimum atomic E-state index is -1.60. The van der Waals surface area contributed by atoms with E-state index in [1.54, 1.807) is 12.1 Å². The van der Waals surface area contributed by atoms with Gasteiger partial charge in [0.25, 0.3) is 0 Å². The van der Waals surface area contributed by atoms with Crippen molar-refractivity contribution in [2.24, 2.45) is 0 Å². The van der Waals surface area contributed by atoms with Gasteiger partial charge in [-0.1, -0.05) is 36.4 Å². The number of benzene rings is 2. The van der Waals surface area contributed by atoms with Crippen molar-refractivity contribution in [2.45, 2.75) is 31.8 Å². The number of carbonyl (C=O) groups excluding carboxylic acids is 2. The zero-order valence-corrected chi connectivity index (χ0v) is 13.6. The number of carbonyl (C=O) groups is 3. The van der Waals surface area contributed by atoms with E-state index in [4.69, 9.17) is 9.84 Å². The van der Waals surface area contributed by atoms with E-state index in [9.17, 15) is 14.4 Å². The van der Waals surface area contributed by atoms with Gasteiger partial charge in [-0.15, -0.1) is 0 Å². The molecule has 0 amide bonds. The summed E-state index contributed by atoms with van der Waals surface area (Å²) in [7, 11) is 0. The van der Waals surface area contributed by atoms with E-state index in [-0.39, 0.29) is 11.7 Å². The molecule has 25 heavy (non-hydrogen) atoms. The Labute approximate surface area is 145 Å². The summed E-state index contributed by atoms with van der Waals surface area (Å²) in [6.45, 7) is 0. The quantitative estimate of drug-likeness (QED) is 0.454. The largest absolute Gasteiger partial charge is 0.490 e. The van der Waals surface area contributed by atoms with Crippen molar-refractivity contribution in [1.82, 2.24) is 0 Å². The topological polar surface area (TPSA) is 80.7 Å². The number of hydrogen-bond donors (Lipinski definition) is 1. The fourth-order valence-corrected chi connectivity index (χ4v) is 2.52. The number of ketones is 2. The summed E-state index contributed by atoms with van der Waals surface area (Å²) in [6, 6.07) is 15.1. The van der Waals surface area contributed by atoms with Crippen molar-refractivity contribution < 1.29 is 24.2 Å². The summed E-state index contributed by atoms with van der Waals surface area (Å²) >= 11 is 0. The van der Waals surface area contributed by atoms with Crippen LogP contribution in [0.25, 0.3) is 0 Å². The first kappa shape index (κ1) is 16.9. The summed E-state index contributed by atoms with van der Waals surface area (Å²) < 4.78 is 5.75. The number of carboxylic acid groups (broad SMARTS) is 1. The molecule has 5 nitrogen and oxygen atoms in total. The lowest BCUT2D eigenvalue weighted by atomic mass is 9.98. The van der Waals surface area contributed by atoms with Crippen LogP contribution < -0.4 is 4.74 Å². The molecule has 2 aromatic rings. The second-order valence-electron chi connectivity index (χ2n) is 6.14. The van der Waals surface area contributed by atoms with Crippen LogP contribution in [0.4, 0.5) is 0 Å². The van der Waals surface area contributed by atoms with Crippen molar-refractivity contribution in [3.63, 3.8) is 0 Å². The fraction of sp³-hybridized carbons (Fsp3) is 0.250. The van der Waals surface area contributed by atoms with Gasteiger partial charge in [0.2, 0.25) is 5.78 Å². The number of rotatable bonds is 8. The first-order chi connectivity index (χ1) is 12.0. The van der Waals surface area contributed by atoms with Gasteiger partial charge >= 0.3 is 5.97 Å². The maximum atomic E-state index is 12.4. The minimum Gasteiger partial charge on any atom is -0.490 e. The Bertz CT molecular complexity index is 806. The zero-order valence-electron chi connectivity index (χ0n) is 13.6. The van der Waals surface area contributed by atoms with Crippen molar-refractivity contribution in [1.29, 1.82) is 0 Å². The normalized spacial score (nSPS) is 13.3. The average Bonchev–Trinajstić information content (AvgIpc) is 3.41. The molecule has 1 aliphatic rings. The third-order valence-electron chi connectivity index (χ3n) is 3.97. The lowest BCUT2D eigenvalue weighted by Gasteiger charge is -2.12. The predicted molar refractivity (Wildman–Crippen MR) is 90.9 cm³/mol. The molecule has 0 aromatic heterocycles. The molecule has 0 radical (unpaired) electrons. The molecule has 0 atom stereocenters. The van der Waals surface area contributed by atoms with E-state index in [1.165, 1.54) is 0 Å². The van der Waals surface area contributed by atoms with E-state index in [2.05, 4.69) is 0 Å². The summed E-state index contributed by atoms with van der Waals surface area (Å²) in [5.74, 6) is -2.82. The van der Waals surface area contributed by atoms with Gasteiger partial charge in [0.1, 0.15) is 5.75 Å². The third-order valence-corrected chi connectivity index (χ3v) is 3.97. The Morgan fingerprint density at radius 1 is 1.00 bits per heavy atom. The second kappa shape index (κ2) is 7.30. The zero-order chi connectivity index (χ0) is 17.8. The molecule has 1 saturated carbocycles. The smallest absolute Gasteiger partial charge is 0.372 e. The van der Waals surface area contributed by atoms with Crippen LogP contribution in [-0.2, 0) is 16.0 Å². The summed E-state index contributed by atoms with van der Waals surface area (Å²) in [5, 5.41) is 8.72. The molecule has 1 aliphatic carbocycles. The third kappa shape index (κ3) is 4.53. The van der Waals surface area contributed by atoms with Crippen LogP contribution >= 0.6 is 0 Å². The van der Waals surface area contributed by atoms with Crippen molar-refractivity contribution in [3.8, 4) is 5.75 Å². The molecule has 1 fully saturated rings. The van der Waals surface area contributed by atoms with Crippen molar-refractivity contribution in [3.05, 3.63) is 65.2 Å². The van der Waals surface area contributed by atoms with Gasteiger partial charge in [0, 0.05) is 0 Å². The first-order valence-electron chi connectivity index (χ1n) is 8.16. The molecule has 5 heteroatoms. The van der Waals surface area contributed by atoms with Gasteiger partial charge in [0.05, 0.1) is 18.1 Å². The molecular weight excluding hydrogens is 320 g/mol. The Kier molecular flexibility index (Phi) is 4.93. The maximum Gasteiger partial charge on any atom is 0.372 e. The highest BCUT2D eigenvalue weighted by atomic mass is 16.5. The lowest BCUT2D eigenvalue weighted by Crippen LogP contribution is -2.18. The molecule has 2 aromatic carbocycles. The van der Waals surface area contributed by atoms with Crippen molar-refractivity contribution >= 4 is 17.5 Å². The molecule has 0 unspecified atom stereocenters. The van der Waals surface area contributed by atoms with E-state index >= 15 is 0 Å². The second-order valence-corrected chi connectivity index (χ2v) is 6.14. The molecular formula is C20H18O5. The Hall–Kier alpha value is -2.95. The SMILES string of the molecule is O=C(O)C(=O)CC(=O)c1cc(Cc2ccccc2)ccc1OC1CC1. The molecule has 3 rings (SSSR count). The standard InChI is InChI=1S/C20H18O5/c21-17(12-18(22)20(23)24)16-11-14(10-13-4-2-1-3-5-13)6-9-19(16)25-15-7-8-15/h1-6,9,11,15H,7-8,10,12H2,(H,23,24). The van der Waals surface area contributed by atoms with E-state index in [0.29, 0.717) is 12.2 Å². The number of Topliss-reactive ketones (excluding diaryl/α,β-unsaturated/α-hetero) is 2. The molecule has 1 N–H and O–H groups in total. The highest BCUT2D eigenvalue weighted by Gasteiger charge is 2.27. The Balaban J connectivity index is 1.85. The predicted octanol–water partition coefficient (Wildman–Crippen LogP) is 3.05. The summed E-state index contributed by atoms with van der Waals surface area (Å²) in [4.78, 5) is 34.5. The van der Waals surface area contributed by atoms with Gasteiger partial charge in [-0.3, -0.25) is 9.59 Å². The molecule has 0 bridgehead atoms. The van der Waals surface area contributed by atoms with Crippen LogP contribution in [0.2, 0.25) is 0 Å². The molecule has 0 heterocycles. The molecule has 0 saturated heterocycles. The van der Waals surface area contributed by atoms with Crippen LogP contribution in [0.1, 0.15) is 40.7 Å². The number of carboxylic acids is 1. The van der Waals surface area contributed by atoms with E-state index in [0.717, 1.165) is 24.0 Å². The minimum absolute atomic E-state index is 0.0988. The van der Waals surface area contributed by atoms with E-state index in [1.807, 2.05) is 36.4 Å². The van der Waals surface area contributed by atoms with E-state index < -0.39 is 24.0 Å². The van der Waals surface area contributed by atoms with Crippen molar-refractivity contribution in [2.75, 3.05) is 0 Å². The van der Waals surface area contributed by atoms with Gasteiger partial charge < -0.3 is 9.84 Å². The van der Waals surface area contributed by atoms with Crippen LogP contribution in [0, 0.1) is 0 Å². The van der Waals surface area contributed by atoms with Gasteiger partial charge in [0.15, 0.2) is 5.78 Å². The van der Waals surface area contributed by atoms with Gasteiger partial charge in [-0.25, -0.2) is 4.79 Å². The Morgan fingerprint density at radius 2 is 1.72 bits per heavy atom. The summed E-state index contributed by atoms with van der Waals surface area (Å²) in [5.41, 5.74) is 2.27. The number of ether oxygens (including phenoxy) is 1. The monoisotopic (exact) mass is 338 g/mol. The maximum absolute atomic E-state index is 12.4. The highest BCUT2D eigenvalue weighted by Crippen LogP contribution is 2.31. The van der Waals surface area contributed by atoms with Crippen LogP contribution in [0.3, 0.4) is 0 Å². The summed E-state index contributed by atoms with van der Waals surface area (Å²) in [6.07, 6.45) is 1.95. The highest BCUT2D eigenvalue weighted by molar-refractivity contribution is 6.37.